The van der Waals surface area contributed by atoms with Crippen LogP contribution in [0.25, 0.3) is 0 Å². The van der Waals surface area contributed by atoms with Crippen molar-refractivity contribution in [3.05, 3.63) is 104 Å². The second kappa shape index (κ2) is 8.53. The van der Waals surface area contributed by atoms with Gasteiger partial charge in [-0.3, -0.25) is 9.59 Å². The fourth-order valence-electron chi connectivity index (χ4n) is 2.85. The molecule has 0 fully saturated rings. The van der Waals surface area contributed by atoms with Crippen LogP contribution in [0.2, 0.25) is 5.02 Å². The molecule has 0 spiro atoms. The molecule has 0 aliphatic carbocycles. The number of pyridine rings is 1. The Kier molecular flexibility index (Phi) is 6.08. The van der Waals surface area contributed by atoms with Crippen molar-refractivity contribution in [2.45, 2.75) is 18.6 Å². The monoisotopic (exact) mass is 420 g/mol. The summed E-state index contributed by atoms with van der Waals surface area (Å²) in [6.45, 7) is 0. The van der Waals surface area contributed by atoms with Gasteiger partial charge in [-0.15, -0.1) is 0 Å². The van der Waals surface area contributed by atoms with E-state index < -0.39 is 34.9 Å². The van der Waals surface area contributed by atoms with E-state index in [9.17, 15) is 22.8 Å². The highest BCUT2D eigenvalue weighted by molar-refractivity contribution is 6.30. The maximum atomic E-state index is 12.7. The van der Waals surface area contributed by atoms with E-state index in [0.29, 0.717) is 17.5 Å². The van der Waals surface area contributed by atoms with Gasteiger partial charge in [0.15, 0.2) is 0 Å². The molecule has 0 bridgehead atoms. The highest BCUT2D eigenvalue weighted by Gasteiger charge is 2.32. The molecule has 150 valence electrons. The van der Waals surface area contributed by atoms with Gasteiger partial charge in [-0.25, -0.2) is 0 Å². The van der Waals surface area contributed by atoms with Crippen molar-refractivity contribution in [3.8, 4) is 0 Å². The summed E-state index contributed by atoms with van der Waals surface area (Å²) < 4.78 is 38.2. The minimum atomic E-state index is -4.70. The number of alkyl halides is 3. The number of aromatic amines is 1. The standard InChI is InChI=1S/C21H16ClF3N2O2/c22-15-8-6-14(7-9-15)17(12-13-4-2-1-3-5-13)26-19(28)16-10-11-18(21(23,24)25)27-20(16)29/h1-11,17H,12H2,(H,26,28)(H,27,29). The first-order valence-corrected chi connectivity index (χ1v) is 9.02. The van der Waals surface area contributed by atoms with E-state index in [0.717, 1.165) is 17.2 Å². The number of hydrogen-bond acceptors (Lipinski definition) is 2. The summed E-state index contributed by atoms with van der Waals surface area (Å²) in [7, 11) is 0. The van der Waals surface area contributed by atoms with Crippen molar-refractivity contribution in [3.63, 3.8) is 0 Å². The van der Waals surface area contributed by atoms with Crippen LogP contribution in [-0.4, -0.2) is 10.9 Å². The average Bonchev–Trinajstić information content (AvgIpc) is 2.68. The van der Waals surface area contributed by atoms with Crippen molar-refractivity contribution >= 4 is 17.5 Å². The Morgan fingerprint density at radius 1 is 1.00 bits per heavy atom. The predicted octanol–water partition coefficient (Wildman–Crippen LogP) is 4.76. The Bertz CT molecular complexity index is 1050. The summed E-state index contributed by atoms with van der Waals surface area (Å²) in [5.74, 6) is -0.768. The van der Waals surface area contributed by atoms with Gasteiger partial charge in [-0.1, -0.05) is 54.1 Å². The smallest absolute Gasteiger partial charge is 0.345 e. The minimum absolute atomic E-state index is 0.398. The molecule has 2 aromatic carbocycles. The van der Waals surface area contributed by atoms with Crippen LogP contribution >= 0.6 is 11.6 Å². The molecule has 1 aromatic heterocycles. The summed E-state index contributed by atoms with van der Waals surface area (Å²) >= 11 is 5.93. The third-order valence-corrected chi connectivity index (χ3v) is 4.57. The highest BCUT2D eigenvalue weighted by Crippen LogP contribution is 2.26. The van der Waals surface area contributed by atoms with Gasteiger partial charge >= 0.3 is 6.18 Å². The molecule has 3 aromatic rings. The zero-order chi connectivity index (χ0) is 21.0. The van der Waals surface area contributed by atoms with Crippen molar-refractivity contribution in [1.82, 2.24) is 10.3 Å². The third-order valence-electron chi connectivity index (χ3n) is 4.32. The molecule has 0 radical (unpaired) electrons. The van der Waals surface area contributed by atoms with Crippen molar-refractivity contribution in [1.29, 1.82) is 0 Å². The summed E-state index contributed by atoms with van der Waals surface area (Å²) in [6.07, 6.45) is -4.28. The van der Waals surface area contributed by atoms with Crippen molar-refractivity contribution < 1.29 is 18.0 Å². The van der Waals surface area contributed by atoms with E-state index in [-0.39, 0.29) is 0 Å². The maximum Gasteiger partial charge on any atom is 0.431 e. The van der Waals surface area contributed by atoms with Gasteiger partial charge in [0, 0.05) is 5.02 Å². The maximum absolute atomic E-state index is 12.7. The zero-order valence-corrected chi connectivity index (χ0v) is 15.7. The normalized spacial score (nSPS) is 12.4. The van der Waals surface area contributed by atoms with Crippen LogP contribution in [0.3, 0.4) is 0 Å². The predicted molar refractivity (Wildman–Crippen MR) is 104 cm³/mol. The third kappa shape index (κ3) is 5.26. The number of hydrogen-bond donors (Lipinski definition) is 2. The van der Waals surface area contributed by atoms with Crippen LogP contribution in [0.5, 0.6) is 0 Å². The molecule has 0 aliphatic rings. The van der Waals surface area contributed by atoms with Gasteiger partial charge in [0.25, 0.3) is 11.5 Å². The Balaban J connectivity index is 1.88. The number of carbonyl (C=O) groups is 1. The average molecular weight is 421 g/mol. The summed E-state index contributed by atoms with van der Waals surface area (Å²) in [4.78, 5) is 26.4. The topological polar surface area (TPSA) is 62.0 Å². The van der Waals surface area contributed by atoms with Gasteiger partial charge in [-0.05, 0) is 41.8 Å². The van der Waals surface area contributed by atoms with E-state index in [1.165, 1.54) is 0 Å². The Labute approximate surface area is 169 Å². The highest BCUT2D eigenvalue weighted by atomic mass is 35.5. The second-order valence-corrected chi connectivity index (χ2v) is 6.82. The molecular formula is C21H16ClF3N2O2. The van der Waals surface area contributed by atoms with E-state index in [1.54, 1.807) is 29.2 Å². The van der Waals surface area contributed by atoms with Crippen molar-refractivity contribution in [2.24, 2.45) is 0 Å². The van der Waals surface area contributed by atoms with Gasteiger partial charge in [-0.2, -0.15) is 13.2 Å². The van der Waals surface area contributed by atoms with Crippen LogP contribution in [0.4, 0.5) is 13.2 Å². The van der Waals surface area contributed by atoms with E-state index in [4.69, 9.17) is 11.6 Å². The van der Waals surface area contributed by atoms with Crippen LogP contribution in [-0.2, 0) is 12.6 Å². The molecular weight excluding hydrogens is 405 g/mol. The molecule has 1 unspecified atom stereocenters. The van der Waals surface area contributed by atoms with Gasteiger partial charge in [0.2, 0.25) is 0 Å². The van der Waals surface area contributed by atoms with E-state index in [1.807, 2.05) is 30.3 Å². The largest absolute Gasteiger partial charge is 0.431 e. The molecule has 0 saturated heterocycles. The molecule has 1 atom stereocenters. The first-order chi connectivity index (χ1) is 13.7. The number of amides is 1. The number of benzene rings is 2. The Hall–Kier alpha value is -3.06. The molecule has 0 aliphatic heterocycles. The quantitative estimate of drug-likeness (QED) is 0.625. The molecule has 3 rings (SSSR count). The lowest BCUT2D eigenvalue weighted by molar-refractivity contribution is -0.141. The van der Waals surface area contributed by atoms with Crippen molar-refractivity contribution in [2.75, 3.05) is 0 Å². The lowest BCUT2D eigenvalue weighted by Crippen LogP contribution is -2.34. The summed E-state index contributed by atoms with van der Waals surface area (Å²) in [5.41, 5.74) is -1.03. The Morgan fingerprint density at radius 3 is 2.24 bits per heavy atom. The van der Waals surface area contributed by atoms with Gasteiger partial charge in [0.05, 0.1) is 6.04 Å². The molecule has 1 amide bonds. The van der Waals surface area contributed by atoms with E-state index in [2.05, 4.69) is 5.32 Å². The lowest BCUT2D eigenvalue weighted by atomic mass is 9.98. The summed E-state index contributed by atoms with van der Waals surface area (Å²) in [6, 6.07) is 17.2. The fraction of sp³-hybridized carbons (Fsp3) is 0.143. The molecule has 4 nitrogen and oxygen atoms in total. The minimum Gasteiger partial charge on any atom is -0.345 e. The molecule has 2 N–H and O–H groups in total. The number of halogens is 4. The lowest BCUT2D eigenvalue weighted by Gasteiger charge is -2.20. The van der Waals surface area contributed by atoms with Crippen LogP contribution < -0.4 is 10.9 Å². The SMILES string of the molecule is O=C(NC(Cc1ccccc1)c1ccc(Cl)cc1)c1ccc(C(F)(F)F)[nH]c1=O. The number of nitrogens with one attached hydrogen (secondary N) is 2. The summed E-state index contributed by atoms with van der Waals surface area (Å²) in [5, 5.41) is 3.26. The first-order valence-electron chi connectivity index (χ1n) is 8.65. The number of aromatic nitrogens is 1. The second-order valence-electron chi connectivity index (χ2n) is 6.38. The zero-order valence-electron chi connectivity index (χ0n) is 15.0. The van der Waals surface area contributed by atoms with Gasteiger partial charge in [0.1, 0.15) is 11.3 Å². The number of rotatable bonds is 5. The van der Waals surface area contributed by atoms with Crippen LogP contribution in [0.1, 0.15) is 33.2 Å². The van der Waals surface area contributed by atoms with E-state index >= 15 is 0 Å². The molecule has 0 saturated carbocycles. The van der Waals surface area contributed by atoms with Gasteiger partial charge < -0.3 is 10.3 Å². The van der Waals surface area contributed by atoms with Crippen LogP contribution in [0, 0.1) is 0 Å². The molecule has 8 heteroatoms. The number of H-pyrrole nitrogens is 1. The fourth-order valence-corrected chi connectivity index (χ4v) is 2.98. The molecule has 29 heavy (non-hydrogen) atoms. The number of carbonyl (C=O) groups excluding carboxylic acids is 1. The first kappa shape index (κ1) is 20.7. The molecule has 1 heterocycles. The van der Waals surface area contributed by atoms with Crippen LogP contribution in [0.15, 0.2) is 71.5 Å². The Morgan fingerprint density at radius 2 is 1.66 bits per heavy atom.